The summed E-state index contributed by atoms with van der Waals surface area (Å²) in [6, 6.07) is 7.26. The number of nitrogens with zero attached hydrogens (tertiary/aromatic N) is 4. The van der Waals surface area contributed by atoms with Gasteiger partial charge in [-0.3, -0.25) is 4.79 Å². The van der Waals surface area contributed by atoms with Crippen LogP contribution in [0, 0.1) is 6.92 Å². The first-order chi connectivity index (χ1) is 12.0. The Hall–Kier alpha value is -2.60. The number of hydrogen-bond donors (Lipinski definition) is 0. The first-order valence-electron chi connectivity index (χ1n) is 7.99. The van der Waals surface area contributed by atoms with Crippen molar-refractivity contribution in [3.8, 4) is 11.3 Å². The number of carbonyl (C=O) groups excluding carboxylic acids is 1. The van der Waals surface area contributed by atoms with Gasteiger partial charge < -0.3 is 14.0 Å². The maximum Gasteiger partial charge on any atom is 0.259 e. The van der Waals surface area contributed by atoms with Crippen LogP contribution >= 0.6 is 11.6 Å². The lowest BCUT2D eigenvalue weighted by atomic mass is 10.1. The lowest BCUT2D eigenvalue weighted by molar-refractivity contribution is 0.0779. The number of halogens is 1. The summed E-state index contributed by atoms with van der Waals surface area (Å²) in [6.07, 6.45) is 3.63. The normalized spacial score (nSPS) is 10.9. The van der Waals surface area contributed by atoms with Crippen molar-refractivity contribution in [2.45, 2.75) is 26.9 Å². The van der Waals surface area contributed by atoms with E-state index in [4.69, 9.17) is 16.1 Å². The zero-order valence-electron chi connectivity index (χ0n) is 14.4. The zero-order chi connectivity index (χ0) is 18.0. The molecule has 0 spiro atoms. The highest BCUT2D eigenvalue weighted by atomic mass is 35.5. The molecule has 2 heterocycles. The van der Waals surface area contributed by atoms with Crippen LogP contribution in [0.2, 0.25) is 5.02 Å². The molecule has 0 aliphatic carbocycles. The SMILES string of the molecule is CCn1ccnc1CN(C)C(=O)c1c(-c2ccccc2Cl)noc1C. The number of aromatic nitrogens is 3. The predicted molar refractivity (Wildman–Crippen MR) is 95.4 cm³/mol. The molecular weight excluding hydrogens is 340 g/mol. The summed E-state index contributed by atoms with van der Waals surface area (Å²) < 4.78 is 7.28. The molecule has 0 unspecified atom stereocenters. The summed E-state index contributed by atoms with van der Waals surface area (Å²) in [7, 11) is 1.74. The summed E-state index contributed by atoms with van der Waals surface area (Å²) in [5.41, 5.74) is 1.55. The molecule has 0 atom stereocenters. The first kappa shape index (κ1) is 17.2. The Morgan fingerprint density at radius 2 is 2.12 bits per heavy atom. The van der Waals surface area contributed by atoms with Gasteiger partial charge in [0.1, 0.15) is 22.8 Å². The van der Waals surface area contributed by atoms with Crippen molar-refractivity contribution < 1.29 is 9.32 Å². The van der Waals surface area contributed by atoms with Crippen LogP contribution in [0.4, 0.5) is 0 Å². The van der Waals surface area contributed by atoms with Gasteiger partial charge in [-0.2, -0.15) is 0 Å². The highest BCUT2D eigenvalue weighted by molar-refractivity contribution is 6.33. The van der Waals surface area contributed by atoms with Gasteiger partial charge in [0, 0.05) is 31.5 Å². The molecule has 0 aliphatic heterocycles. The number of hydrogen-bond acceptors (Lipinski definition) is 4. The van der Waals surface area contributed by atoms with Crippen molar-refractivity contribution >= 4 is 17.5 Å². The molecule has 0 fully saturated rings. The summed E-state index contributed by atoms with van der Waals surface area (Å²) in [6.45, 7) is 4.95. The number of amides is 1. The average Bonchev–Trinajstić information content (AvgIpc) is 3.20. The minimum absolute atomic E-state index is 0.181. The van der Waals surface area contributed by atoms with Crippen molar-refractivity contribution in [2.75, 3.05) is 7.05 Å². The molecule has 0 radical (unpaired) electrons. The van der Waals surface area contributed by atoms with E-state index in [-0.39, 0.29) is 5.91 Å². The molecule has 3 rings (SSSR count). The van der Waals surface area contributed by atoms with Crippen LogP contribution in [0.5, 0.6) is 0 Å². The van der Waals surface area contributed by atoms with E-state index >= 15 is 0 Å². The van der Waals surface area contributed by atoms with Crippen LogP contribution < -0.4 is 0 Å². The number of benzene rings is 1. The molecule has 130 valence electrons. The van der Waals surface area contributed by atoms with E-state index in [0.29, 0.717) is 34.1 Å². The molecule has 6 nitrogen and oxygen atoms in total. The van der Waals surface area contributed by atoms with Crippen LogP contribution in [0.3, 0.4) is 0 Å². The van der Waals surface area contributed by atoms with Crippen LogP contribution in [-0.2, 0) is 13.1 Å². The largest absolute Gasteiger partial charge is 0.360 e. The minimum atomic E-state index is -0.181. The van der Waals surface area contributed by atoms with Crippen LogP contribution in [0.1, 0.15) is 28.9 Å². The predicted octanol–water partition coefficient (Wildman–Crippen LogP) is 3.79. The highest BCUT2D eigenvalue weighted by Gasteiger charge is 2.26. The number of rotatable bonds is 5. The quantitative estimate of drug-likeness (QED) is 0.696. The summed E-state index contributed by atoms with van der Waals surface area (Å²) in [4.78, 5) is 18.9. The molecule has 7 heteroatoms. The Morgan fingerprint density at radius 3 is 2.84 bits per heavy atom. The molecule has 1 amide bonds. The number of imidazole rings is 1. The Morgan fingerprint density at radius 1 is 1.36 bits per heavy atom. The third-order valence-corrected chi connectivity index (χ3v) is 4.40. The van der Waals surface area contributed by atoms with E-state index in [2.05, 4.69) is 10.1 Å². The minimum Gasteiger partial charge on any atom is -0.360 e. The van der Waals surface area contributed by atoms with E-state index in [0.717, 1.165) is 12.4 Å². The molecule has 0 saturated heterocycles. The van der Waals surface area contributed by atoms with E-state index < -0.39 is 0 Å². The Bertz CT molecular complexity index is 900. The molecule has 0 aliphatic rings. The van der Waals surface area contributed by atoms with Gasteiger partial charge >= 0.3 is 0 Å². The second kappa shape index (κ2) is 7.11. The fourth-order valence-corrected chi connectivity index (χ4v) is 2.94. The van der Waals surface area contributed by atoms with Crippen LogP contribution in [0.15, 0.2) is 41.2 Å². The molecule has 0 saturated carbocycles. The maximum absolute atomic E-state index is 13.0. The second-order valence-electron chi connectivity index (χ2n) is 5.73. The van der Waals surface area contributed by atoms with Gasteiger partial charge in [0.15, 0.2) is 0 Å². The topological polar surface area (TPSA) is 64.2 Å². The number of aryl methyl sites for hydroxylation is 2. The molecule has 3 aromatic rings. The van der Waals surface area contributed by atoms with E-state index in [1.54, 1.807) is 31.1 Å². The number of carbonyl (C=O) groups is 1. The van der Waals surface area contributed by atoms with E-state index in [1.807, 2.05) is 35.9 Å². The first-order valence-corrected chi connectivity index (χ1v) is 8.37. The third-order valence-electron chi connectivity index (χ3n) is 4.07. The zero-order valence-corrected chi connectivity index (χ0v) is 15.1. The fraction of sp³-hybridized carbons (Fsp3) is 0.278. The van der Waals surface area contributed by atoms with Gasteiger partial charge in [0.05, 0.1) is 11.6 Å². The van der Waals surface area contributed by atoms with Crippen molar-refractivity contribution in [3.05, 3.63) is 58.8 Å². The van der Waals surface area contributed by atoms with E-state index in [9.17, 15) is 4.79 Å². The van der Waals surface area contributed by atoms with Gasteiger partial charge in [0.25, 0.3) is 5.91 Å². The van der Waals surface area contributed by atoms with Gasteiger partial charge in [-0.05, 0) is 19.9 Å². The van der Waals surface area contributed by atoms with Gasteiger partial charge in [-0.25, -0.2) is 4.98 Å². The molecule has 2 aromatic heterocycles. The highest BCUT2D eigenvalue weighted by Crippen LogP contribution is 2.31. The summed E-state index contributed by atoms with van der Waals surface area (Å²) in [5.74, 6) is 1.11. The molecule has 0 bridgehead atoms. The third kappa shape index (κ3) is 3.30. The fourth-order valence-electron chi connectivity index (χ4n) is 2.72. The standard InChI is InChI=1S/C18H19ClN4O2/c1-4-23-10-9-20-15(23)11-22(3)18(24)16-12(2)25-21-17(16)13-7-5-6-8-14(13)19/h5-10H,4,11H2,1-3H3. The van der Waals surface area contributed by atoms with Crippen molar-refractivity contribution in [1.29, 1.82) is 0 Å². The Kier molecular flexibility index (Phi) is 4.90. The van der Waals surface area contributed by atoms with Crippen LogP contribution in [0.25, 0.3) is 11.3 Å². The molecule has 0 N–H and O–H groups in total. The molecule has 25 heavy (non-hydrogen) atoms. The summed E-state index contributed by atoms with van der Waals surface area (Å²) in [5, 5.41) is 4.58. The van der Waals surface area contributed by atoms with Crippen molar-refractivity contribution in [2.24, 2.45) is 0 Å². The van der Waals surface area contributed by atoms with Gasteiger partial charge in [-0.15, -0.1) is 0 Å². The summed E-state index contributed by atoms with van der Waals surface area (Å²) >= 11 is 6.26. The average molecular weight is 359 g/mol. The monoisotopic (exact) mass is 358 g/mol. The van der Waals surface area contributed by atoms with E-state index in [1.165, 1.54) is 0 Å². The van der Waals surface area contributed by atoms with Crippen LogP contribution in [-0.4, -0.2) is 32.6 Å². The molecule has 1 aromatic carbocycles. The smallest absolute Gasteiger partial charge is 0.259 e. The Labute approximate surface area is 151 Å². The lowest BCUT2D eigenvalue weighted by Gasteiger charge is -2.17. The maximum atomic E-state index is 13.0. The van der Waals surface area contributed by atoms with Crippen molar-refractivity contribution in [3.63, 3.8) is 0 Å². The molecular formula is C18H19ClN4O2. The lowest BCUT2D eigenvalue weighted by Crippen LogP contribution is -2.28. The van der Waals surface area contributed by atoms with Crippen molar-refractivity contribution in [1.82, 2.24) is 19.6 Å². The van der Waals surface area contributed by atoms with Gasteiger partial charge in [-0.1, -0.05) is 35.0 Å². The Balaban J connectivity index is 1.93. The van der Waals surface area contributed by atoms with Gasteiger partial charge in [0.2, 0.25) is 0 Å². The second-order valence-corrected chi connectivity index (χ2v) is 6.14.